The molecule has 0 unspecified atom stereocenters. The predicted molar refractivity (Wildman–Crippen MR) is 107 cm³/mol. The maximum Gasteiger partial charge on any atom is 0.128 e. The van der Waals surface area contributed by atoms with Crippen LogP contribution in [0.25, 0.3) is 21.3 Å². The number of nitrogens with zero attached hydrogens (tertiary/aromatic N) is 2. The molecular weight excluding hydrogens is 419 g/mol. The fraction of sp³-hybridized carbons (Fsp3) is 0.0526. The summed E-state index contributed by atoms with van der Waals surface area (Å²) in [5.74, 6) is 0.455. The first-order chi connectivity index (χ1) is 12.2. The average Bonchev–Trinajstić information content (AvgIpc) is 3.05. The minimum Gasteiger partial charge on any atom is -0.229 e. The van der Waals surface area contributed by atoms with Crippen LogP contribution in [-0.2, 0) is 5.75 Å². The van der Waals surface area contributed by atoms with Gasteiger partial charge in [-0.25, -0.2) is 14.4 Å². The van der Waals surface area contributed by atoms with Gasteiger partial charge >= 0.3 is 0 Å². The molecule has 2 aromatic heterocycles. The number of benzene rings is 2. The highest BCUT2D eigenvalue weighted by molar-refractivity contribution is 9.10. The molecule has 0 spiro atoms. The van der Waals surface area contributed by atoms with E-state index in [9.17, 15) is 4.39 Å². The van der Waals surface area contributed by atoms with Crippen molar-refractivity contribution in [2.24, 2.45) is 0 Å². The van der Waals surface area contributed by atoms with Crippen molar-refractivity contribution in [2.75, 3.05) is 0 Å². The number of thiophene rings is 1. The van der Waals surface area contributed by atoms with E-state index in [-0.39, 0.29) is 5.82 Å². The lowest BCUT2D eigenvalue weighted by Crippen LogP contribution is -1.88. The first-order valence-corrected chi connectivity index (χ1v) is 10.2. The second-order valence-electron chi connectivity index (χ2n) is 5.43. The molecule has 0 N–H and O–H groups in total. The summed E-state index contributed by atoms with van der Waals surface area (Å²) >= 11 is 6.70. The molecule has 2 aromatic carbocycles. The van der Waals surface area contributed by atoms with Gasteiger partial charge in [-0.2, -0.15) is 0 Å². The summed E-state index contributed by atoms with van der Waals surface area (Å²) in [7, 11) is 0. The monoisotopic (exact) mass is 430 g/mol. The summed E-state index contributed by atoms with van der Waals surface area (Å²) in [5, 5.41) is 4.11. The van der Waals surface area contributed by atoms with Crippen molar-refractivity contribution < 1.29 is 4.39 Å². The SMILES string of the molecule is Fc1cccc(CSc2ncnc3scc(-c4ccc(Br)cc4)c23)c1. The Morgan fingerprint density at radius 2 is 1.92 bits per heavy atom. The molecule has 0 aliphatic rings. The van der Waals surface area contributed by atoms with Gasteiger partial charge < -0.3 is 0 Å². The fourth-order valence-corrected chi connectivity index (χ4v) is 4.78. The third kappa shape index (κ3) is 3.61. The van der Waals surface area contributed by atoms with E-state index in [1.54, 1.807) is 41.6 Å². The van der Waals surface area contributed by atoms with E-state index in [0.29, 0.717) is 5.75 Å². The van der Waals surface area contributed by atoms with Crippen LogP contribution in [0.15, 0.2) is 69.7 Å². The van der Waals surface area contributed by atoms with Crippen molar-refractivity contribution in [3.63, 3.8) is 0 Å². The van der Waals surface area contributed by atoms with E-state index in [0.717, 1.165) is 36.4 Å². The third-order valence-electron chi connectivity index (χ3n) is 3.76. The van der Waals surface area contributed by atoms with Crippen molar-refractivity contribution in [1.82, 2.24) is 9.97 Å². The minimum absolute atomic E-state index is 0.211. The molecule has 0 amide bonds. The van der Waals surface area contributed by atoms with Crippen LogP contribution in [0.5, 0.6) is 0 Å². The molecule has 0 aliphatic carbocycles. The van der Waals surface area contributed by atoms with Gasteiger partial charge in [-0.15, -0.1) is 23.1 Å². The first-order valence-electron chi connectivity index (χ1n) is 7.56. The predicted octanol–water partition coefficient (Wildman–Crippen LogP) is 6.55. The van der Waals surface area contributed by atoms with Crippen molar-refractivity contribution in [1.29, 1.82) is 0 Å². The highest BCUT2D eigenvalue weighted by Gasteiger charge is 2.13. The second-order valence-corrected chi connectivity index (χ2v) is 8.17. The minimum atomic E-state index is -0.211. The van der Waals surface area contributed by atoms with Crippen molar-refractivity contribution in [3.8, 4) is 11.1 Å². The van der Waals surface area contributed by atoms with Gasteiger partial charge in [0.2, 0.25) is 0 Å². The standard InChI is InChI=1S/C19H12BrFN2S2/c20-14-6-4-13(5-7-14)16-10-25-19-17(16)18(22-11-23-19)24-9-12-2-1-3-15(21)8-12/h1-8,10-11H,9H2. The lowest BCUT2D eigenvalue weighted by atomic mass is 10.1. The molecule has 0 saturated heterocycles. The molecule has 25 heavy (non-hydrogen) atoms. The van der Waals surface area contributed by atoms with Gasteiger partial charge in [-0.05, 0) is 35.4 Å². The van der Waals surface area contributed by atoms with E-state index in [1.807, 2.05) is 18.2 Å². The Morgan fingerprint density at radius 3 is 2.72 bits per heavy atom. The summed E-state index contributed by atoms with van der Waals surface area (Å²) in [5.41, 5.74) is 3.21. The topological polar surface area (TPSA) is 25.8 Å². The molecule has 0 bridgehead atoms. The largest absolute Gasteiger partial charge is 0.229 e. The molecule has 2 nitrogen and oxygen atoms in total. The highest BCUT2D eigenvalue weighted by atomic mass is 79.9. The Bertz CT molecular complexity index is 1030. The molecule has 4 rings (SSSR count). The van der Waals surface area contributed by atoms with E-state index < -0.39 is 0 Å². The van der Waals surface area contributed by atoms with Crippen molar-refractivity contribution in [2.45, 2.75) is 10.8 Å². The summed E-state index contributed by atoms with van der Waals surface area (Å²) in [6.45, 7) is 0. The van der Waals surface area contributed by atoms with Gasteiger partial charge in [0.1, 0.15) is 22.0 Å². The van der Waals surface area contributed by atoms with Crippen LogP contribution in [0.1, 0.15) is 5.56 Å². The van der Waals surface area contributed by atoms with Gasteiger partial charge in [0.25, 0.3) is 0 Å². The van der Waals surface area contributed by atoms with Gasteiger partial charge in [0, 0.05) is 21.2 Å². The van der Waals surface area contributed by atoms with Gasteiger partial charge in [-0.1, -0.05) is 40.2 Å². The quantitative estimate of drug-likeness (QED) is 0.271. The van der Waals surface area contributed by atoms with Gasteiger partial charge in [-0.3, -0.25) is 0 Å². The molecule has 0 fully saturated rings. The molecule has 0 aliphatic heterocycles. The lowest BCUT2D eigenvalue weighted by Gasteiger charge is -2.06. The van der Waals surface area contributed by atoms with Crippen LogP contribution >= 0.6 is 39.0 Å². The van der Waals surface area contributed by atoms with Gasteiger partial charge in [0.15, 0.2) is 0 Å². The number of hydrogen-bond donors (Lipinski definition) is 0. The Morgan fingerprint density at radius 1 is 1.08 bits per heavy atom. The summed E-state index contributed by atoms with van der Waals surface area (Å²) in [6, 6.07) is 14.9. The van der Waals surface area contributed by atoms with E-state index >= 15 is 0 Å². The zero-order valence-corrected chi connectivity index (χ0v) is 16.2. The Labute approximate surface area is 161 Å². The van der Waals surface area contributed by atoms with Crippen LogP contribution in [0, 0.1) is 5.82 Å². The number of halogens is 2. The molecule has 124 valence electrons. The second kappa shape index (κ2) is 7.23. The van der Waals surface area contributed by atoms with Crippen LogP contribution in [-0.4, -0.2) is 9.97 Å². The summed E-state index contributed by atoms with van der Waals surface area (Å²) in [6.07, 6.45) is 1.60. The maximum atomic E-state index is 13.4. The van der Waals surface area contributed by atoms with Crippen molar-refractivity contribution in [3.05, 3.63) is 76.1 Å². The summed E-state index contributed by atoms with van der Waals surface area (Å²) in [4.78, 5) is 9.84. The molecule has 6 heteroatoms. The fourth-order valence-electron chi connectivity index (χ4n) is 2.58. The smallest absolute Gasteiger partial charge is 0.128 e. The molecule has 0 saturated carbocycles. The Hall–Kier alpha value is -1.76. The Balaban J connectivity index is 1.71. The van der Waals surface area contributed by atoms with Crippen LogP contribution < -0.4 is 0 Å². The van der Waals surface area contributed by atoms with E-state index in [1.165, 1.54) is 6.07 Å². The normalized spacial score (nSPS) is 11.1. The molecule has 0 atom stereocenters. The maximum absolute atomic E-state index is 13.4. The number of hydrogen-bond acceptors (Lipinski definition) is 4. The van der Waals surface area contributed by atoms with Crippen LogP contribution in [0.3, 0.4) is 0 Å². The first kappa shape index (κ1) is 16.7. The van der Waals surface area contributed by atoms with E-state index in [4.69, 9.17) is 0 Å². The number of rotatable bonds is 4. The molecule has 0 radical (unpaired) electrons. The van der Waals surface area contributed by atoms with E-state index in [2.05, 4.69) is 43.4 Å². The third-order valence-corrected chi connectivity index (χ3v) is 6.23. The molecule has 4 aromatic rings. The number of thioether (sulfide) groups is 1. The van der Waals surface area contributed by atoms with Gasteiger partial charge in [0.05, 0.1) is 5.39 Å². The molecular formula is C19H12BrFN2S2. The number of fused-ring (bicyclic) bond motifs is 1. The molecule has 2 heterocycles. The van der Waals surface area contributed by atoms with Crippen LogP contribution in [0.4, 0.5) is 4.39 Å². The zero-order valence-electron chi connectivity index (χ0n) is 12.9. The zero-order chi connectivity index (χ0) is 17.2. The van der Waals surface area contributed by atoms with Crippen LogP contribution in [0.2, 0.25) is 0 Å². The lowest BCUT2D eigenvalue weighted by molar-refractivity contribution is 0.626. The average molecular weight is 431 g/mol. The van der Waals surface area contributed by atoms with Crippen molar-refractivity contribution >= 4 is 49.2 Å². The Kier molecular flexibility index (Phi) is 4.83. The number of aromatic nitrogens is 2. The summed E-state index contributed by atoms with van der Waals surface area (Å²) < 4.78 is 14.4. The highest BCUT2D eigenvalue weighted by Crippen LogP contribution is 2.38.